The van der Waals surface area contributed by atoms with Crippen LogP contribution in [0, 0.1) is 6.92 Å². The van der Waals surface area contributed by atoms with E-state index in [4.69, 9.17) is 11.6 Å². The van der Waals surface area contributed by atoms with Crippen molar-refractivity contribution in [2.75, 3.05) is 0 Å². The Morgan fingerprint density at radius 2 is 2.27 bits per heavy atom. The van der Waals surface area contributed by atoms with E-state index in [1.54, 1.807) is 25.3 Å². The lowest BCUT2D eigenvalue weighted by atomic mass is 10.2. The van der Waals surface area contributed by atoms with Crippen LogP contribution in [0.5, 0.6) is 0 Å². The second-order valence-electron chi connectivity index (χ2n) is 3.06. The van der Waals surface area contributed by atoms with Gasteiger partial charge in [0.05, 0.1) is 15.6 Å². The molecule has 1 atom stereocenters. The summed E-state index contributed by atoms with van der Waals surface area (Å²) in [6.45, 7) is 1.78. The number of aliphatic hydroxyl groups excluding tert-OH is 1. The van der Waals surface area contributed by atoms with E-state index >= 15 is 0 Å². The summed E-state index contributed by atoms with van der Waals surface area (Å²) < 4.78 is 0. The number of thiophene rings is 1. The molecule has 0 saturated heterocycles. The van der Waals surface area contributed by atoms with E-state index in [1.807, 2.05) is 5.38 Å². The molecule has 1 unspecified atom stereocenters. The largest absolute Gasteiger partial charge is 0.381 e. The van der Waals surface area contributed by atoms with Crippen LogP contribution < -0.4 is 0 Å². The van der Waals surface area contributed by atoms with Gasteiger partial charge in [0.15, 0.2) is 0 Å². The topological polar surface area (TPSA) is 46.0 Å². The van der Waals surface area contributed by atoms with Crippen LogP contribution in [0.4, 0.5) is 0 Å². The average molecular weight is 241 g/mol. The van der Waals surface area contributed by atoms with Gasteiger partial charge in [0, 0.05) is 6.20 Å². The van der Waals surface area contributed by atoms with Gasteiger partial charge in [-0.1, -0.05) is 11.6 Å². The SMILES string of the molecule is Cc1nccc(C(O)c2sccc2Cl)n1. The van der Waals surface area contributed by atoms with E-state index in [0.717, 1.165) is 4.88 Å². The van der Waals surface area contributed by atoms with Gasteiger partial charge in [-0.3, -0.25) is 0 Å². The molecule has 1 N–H and O–H groups in total. The van der Waals surface area contributed by atoms with E-state index in [2.05, 4.69) is 9.97 Å². The van der Waals surface area contributed by atoms with Crippen molar-refractivity contribution >= 4 is 22.9 Å². The highest BCUT2D eigenvalue weighted by Gasteiger charge is 2.16. The number of nitrogens with zero attached hydrogens (tertiary/aromatic N) is 2. The van der Waals surface area contributed by atoms with Gasteiger partial charge in [0.2, 0.25) is 0 Å². The fraction of sp³-hybridized carbons (Fsp3) is 0.200. The van der Waals surface area contributed by atoms with Gasteiger partial charge >= 0.3 is 0 Å². The molecule has 0 fully saturated rings. The Hall–Kier alpha value is -0.970. The molecule has 5 heteroatoms. The molecule has 0 radical (unpaired) electrons. The highest BCUT2D eigenvalue weighted by Crippen LogP contribution is 2.31. The second-order valence-corrected chi connectivity index (χ2v) is 4.42. The molecule has 0 aromatic carbocycles. The van der Waals surface area contributed by atoms with Crippen molar-refractivity contribution < 1.29 is 5.11 Å². The van der Waals surface area contributed by atoms with Gasteiger partial charge in [-0.15, -0.1) is 11.3 Å². The molecule has 0 aliphatic heterocycles. The summed E-state index contributed by atoms with van der Waals surface area (Å²) >= 11 is 7.35. The van der Waals surface area contributed by atoms with Gasteiger partial charge in [-0.05, 0) is 24.4 Å². The standard InChI is InChI=1S/C10H9ClN2OS/c1-6-12-4-2-8(13-6)9(14)10-7(11)3-5-15-10/h2-5,9,14H,1H3. The van der Waals surface area contributed by atoms with Crippen molar-refractivity contribution in [2.45, 2.75) is 13.0 Å². The Morgan fingerprint density at radius 1 is 1.47 bits per heavy atom. The Balaban J connectivity index is 2.36. The first kappa shape index (κ1) is 10.5. The average Bonchev–Trinajstić information content (AvgIpc) is 2.63. The van der Waals surface area contributed by atoms with Gasteiger partial charge < -0.3 is 5.11 Å². The minimum atomic E-state index is -0.765. The van der Waals surface area contributed by atoms with Crippen molar-refractivity contribution in [2.24, 2.45) is 0 Å². The highest BCUT2D eigenvalue weighted by molar-refractivity contribution is 7.10. The number of aryl methyl sites for hydroxylation is 1. The fourth-order valence-electron chi connectivity index (χ4n) is 1.26. The molecule has 2 heterocycles. The molecule has 0 saturated carbocycles. The van der Waals surface area contributed by atoms with Crippen LogP contribution in [-0.2, 0) is 0 Å². The predicted octanol–water partition coefficient (Wildman–Crippen LogP) is 2.58. The fourth-order valence-corrected chi connectivity index (χ4v) is 2.42. The Labute approximate surface area is 96.4 Å². The third-order valence-corrected chi connectivity index (χ3v) is 3.38. The summed E-state index contributed by atoms with van der Waals surface area (Å²) in [5.41, 5.74) is 0.576. The number of aliphatic hydroxyl groups is 1. The lowest BCUT2D eigenvalue weighted by Gasteiger charge is -2.08. The third kappa shape index (κ3) is 2.17. The molecule has 0 aliphatic carbocycles. The van der Waals surface area contributed by atoms with Crippen LogP contribution in [0.3, 0.4) is 0 Å². The number of hydrogen-bond donors (Lipinski definition) is 1. The van der Waals surface area contributed by atoms with E-state index in [1.165, 1.54) is 11.3 Å². The number of rotatable bonds is 2. The van der Waals surface area contributed by atoms with Crippen molar-refractivity contribution in [3.63, 3.8) is 0 Å². The molecule has 2 aromatic rings. The Morgan fingerprint density at radius 3 is 2.87 bits per heavy atom. The Bertz CT molecular complexity index is 472. The van der Waals surface area contributed by atoms with Gasteiger partial charge in [-0.25, -0.2) is 9.97 Å². The van der Waals surface area contributed by atoms with Crippen molar-refractivity contribution in [1.29, 1.82) is 0 Å². The summed E-state index contributed by atoms with van der Waals surface area (Å²) in [5, 5.41) is 12.4. The van der Waals surface area contributed by atoms with E-state index < -0.39 is 6.10 Å². The van der Waals surface area contributed by atoms with Gasteiger partial charge in [0.1, 0.15) is 11.9 Å². The first-order chi connectivity index (χ1) is 7.18. The van der Waals surface area contributed by atoms with Crippen LogP contribution in [0.2, 0.25) is 5.02 Å². The number of aromatic nitrogens is 2. The molecule has 2 aromatic heterocycles. The van der Waals surface area contributed by atoms with Gasteiger partial charge in [0.25, 0.3) is 0 Å². The van der Waals surface area contributed by atoms with Crippen molar-refractivity contribution in [3.05, 3.63) is 45.1 Å². The minimum absolute atomic E-state index is 0.573. The lowest BCUT2D eigenvalue weighted by molar-refractivity contribution is 0.219. The molecule has 0 bridgehead atoms. The summed E-state index contributed by atoms with van der Waals surface area (Å²) in [7, 11) is 0. The number of halogens is 1. The molecule has 78 valence electrons. The molecular weight excluding hydrogens is 232 g/mol. The highest BCUT2D eigenvalue weighted by atomic mass is 35.5. The molecular formula is C10H9ClN2OS. The first-order valence-electron chi connectivity index (χ1n) is 4.39. The molecule has 0 amide bonds. The van der Waals surface area contributed by atoms with Crippen molar-refractivity contribution in [3.8, 4) is 0 Å². The zero-order valence-corrected chi connectivity index (χ0v) is 9.59. The number of hydrogen-bond acceptors (Lipinski definition) is 4. The van der Waals surface area contributed by atoms with Crippen molar-refractivity contribution in [1.82, 2.24) is 9.97 Å². The maximum Gasteiger partial charge on any atom is 0.132 e. The molecule has 3 nitrogen and oxygen atoms in total. The van der Waals surface area contributed by atoms with E-state index in [9.17, 15) is 5.11 Å². The van der Waals surface area contributed by atoms with Crippen LogP contribution in [0.1, 0.15) is 22.5 Å². The quantitative estimate of drug-likeness (QED) is 0.878. The predicted molar refractivity (Wildman–Crippen MR) is 60.2 cm³/mol. The maximum atomic E-state index is 10.0. The summed E-state index contributed by atoms with van der Waals surface area (Å²) in [5.74, 6) is 0.638. The summed E-state index contributed by atoms with van der Waals surface area (Å²) in [6.07, 6.45) is 0.863. The summed E-state index contributed by atoms with van der Waals surface area (Å²) in [4.78, 5) is 8.85. The molecule has 2 rings (SSSR count). The minimum Gasteiger partial charge on any atom is -0.381 e. The normalized spacial score (nSPS) is 12.7. The van der Waals surface area contributed by atoms with Gasteiger partial charge in [-0.2, -0.15) is 0 Å². The zero-order chi connectivity index (χ0) is 10.8. The lowest BCUT2D eigenvalue weighted by Crippen LogP contribution is -2.02. The van der Waals surface area contributed by atoms with Crippen LogP contribution in [0.15, 0.2) is 23.7 Å². The molecule has 15 heavy (non-hydrogen) atoms. The Kier molecular flexibility index (Phi) is 3.00. The van der Waals surface area contributed by atoms with Crippen LogP contribution in [-0.4, -0.2) is 15.1 Å². The first-order valence-corrected chi connectivity index (χ1v) is 5.65. The van der Waals surface area contributed by atoms with Crippen LogP contribution in [0.25, 0.3) is 0 Å². The third-order valence-electron chi connectivity index (χ3n) is 1.97. The second kappa shape index (κ2) is 4.26. The monoisotopic (exact) mass is 240 g/mol. The van der Waals surface area contributed by atoms with Crippen LogP contribution >= 0.6 is 22.9 Å². The maximum absolute atomic E-state index is 10.0. The molecule has 0 aliphatic rings. The summed E-state index contributed by atoms with van der Waals surface area (Å²) in [6, 6.07) is 3.45. The van der Waals surface area contributed by atoms with E-state index in [0.29, 0.717) is 16.5 Å². The zero-order valence-electron chi connectivity index (χ0n) is 8.01. The smallest absolute Gasteiger partial charge is 0.132 e. The molecule has 0 spiro atoms. The van der Waals surface area contributed by atoms with E-state index in [-0.39, 0.29) is 0 Å².